The Balaban J connectivity index is 1.18. The fraction of sp³-hybridized carbons (Fsp3) is 0.406. The number of rotatable bonds is 12. The number of carbonyl (C=O) groups is 2. The maximum Gasteiger partial charge on any atom is 0.319 e. The van der Waals surface area contributed by atoms with Gasteiger partial charge in [-0.05, 0) is 75.2 Å². The number of urea groups is 1. The number of thiazole rings is 1. The predicted molar refractivity (Wildman–Crippen MR) is 172 cm³/mol. The topological polar surface area (TPSA) is 110 Å². The Morgan fingerprint density at radius 1 is 0.977 bits per heavy atom. The normalized spacial score (nSPS) is 13.7. The molecule has 2 aromatic heterocycles. The lowest BCUT2D eigenvalue weighted by molar-refractivity contribution is 0.102. The van der Waals surface area contributed by atoms with E-state index in [0.29, 0.717) is 32.9 Å². The standard InChI is InChI=1S/C32H40N6O4S/c1-4-24(5-2)34-31(40)35-25-10-12-27(28(20-25)41-3)42-29-21-33-32(43-29)36-30(39)23-9-11-26-22(19-23)13-16-38(26)18-17-37-14-7-6-8-15-37/h9-13,16,19-21,24H,4-8,14-15,17-18H2,1-3H3,(H,33,36,39)(H2,34,35,40). The van der Waals surface area contributed by atoms with E-state index in [0.717, 1.165) is 36.8 Å². The molecule has 1 aliphatic rings. The highest BCUT2D eigenvalue weighted by molar-refractivity contribution is 7.17. The molecule has 0 radical (unpaired) electrons. The van der Waals surface area contributed by atoms with Gasteiger partial charge in [-0.3, -0.25) is 10.1 Å². The van der Waals surface area contributed by atoms with Gasteiger partial charge in [-0.15, -0.1) is 0 Å². The molecule has 1 saturated heterocycles. The van der Waals surface area contributed by atoms with Crippen LogP contribution in [0.15, 0.2) is 54.9 Å². The Kier molecular flexibility index (Phi) is 10.2. The lowest BCUT2D eigenvalue weighted by Crippen LogP contribution is -2.37. The maximum absolute atomic E-state index is 13.0. The van der Waals surface area contributed by atoms with Crippen molar-refractivity contribution >= 4 is 45.0 Å². The van der Waals surface area contributed by atoms with Gasteiger partial charge in [0.2, 0.25) is 5.06 Å². The largest absolute Gasteiger partial charge is 0.493 e. The molecule has 3 amide bonds. The molecule has 10 nitrogen and oxygen atoms in total. The van der Waals surface area contributed by atoms with Crippen molar-refractivity contribution in [3.05, 3.63) is 60.4 Å². The van der Waals surface area contributed by atoms with Crippen molar-refractivity contribution in [3.8, 4) is 16.6 Å². The maximum atomic E-state index is 13.0. The zero-order valence-electron chi connectivity index (χ0n) is 25.0. The molecule has 4 aromatic rings. The van der Waals surface area contributed by atoms with Gasteiger partial charge >= 0.3 is 6.03 Å². The van der Waals surface area contributed by atoms with E-state index in [-0.39, 0.29) is 18.0 Å². The van der Waals surface area contributed by atoms with Crippen LogP contribution in [-0.2, 0) is 6.54 Å². The number of methoxy groups -OCH3 is 1. The molecule has 228 valence electrons. The summed E-state index contributed by atoms with van der Waals surface area (Å²) in [4.78, 5) is 32.2. The van der Waals surface area contributed by atoms with Crippen molar-refractivity contribution in [2.75, 3.05) is 37.4 Å². The number of amides is 3. The first-order valence-electron chi connectivity index (χ1n) is 15.0. The predicted octanol–water partition coefficient (Wildman–Crippen LogP) is 6.95. The van der Waals surface area contributed by atoms with Gasteiger partial charge in [-0.2, -0.15) is 0 Å². The van der Waals surface area contributed by atoms with Crippen LogP contribution < -0.4 is 25.4 Å². The molecular formula is C32H40N6O4S. The monoisotopic (exact) mass is 604 g/mol. The second-order valence-corrected chi connectivity index (χ2v) is 11.7. The molecule has 11 heteroatoms. The lowest BCUT2D eigenvalue weighted by atomic mass is 10.1. The zero-order chi connectivity index (χ0) is 30.2. The van der Waals surface area contributed by atoms with Crippen LogP contribution in [0.2, 0.25) is 0 Å². The third-order valence-electron chi connectivity index (χ3n) is 7.80. The lowest BCUT2D eigenvalue weighted by Gasteiger charge is -2.26. The second-order valence-electron chi connectivity index (χ2n) is 10.7. The van der Waals surface area contributed by atoms with Crippen LogP contribution >= 0.6 is 11.3 Å². The number of hydrogen-bond acceptors (Lipinski definition) is 7. The van der Waals surface area contributed by atoms with Gasteiger partial charge < -0.3 is 29.6 Å². The number of hydrogen-bond donors (Lipinski definition) is 3. The molecule has 3 heterocycles. The number of aromatic nitrogens is 2. The van der Waals surface area contributed by atoms with E-state index in [4.69, 9.17) is 9.47 Å². The smallest absolute Gasteiger partial charge is 0.319 e. The van der Waals surface area contributed by atoms with E-state index >= 15 is 0 Å². The van der Waals surface area contributed by atoms with Gasteiger partial charge in [0.15, 0.2) is 16.6 Å². The number of likely N-dealkylation sites (tertiary alicyclic amines) is 1. The molecular weight excluding hydrogens is 564 g/mol. The van der Waals surface area contributed by atoms with Crippen LogP contribution in [0.4, 0.5) is 15.6 Å². The summed E-state index contributed by atoms with van der Waals surface area (Å²) in [7, 11) is 1.54. The van der Waals surface area contributed by atoms with Gasteiger partial charge in [0.1, 0.15) is 0 Å². The van der Waals surface area contributed by atoms with Gasteiger partial charge in [-0.25, -0.2) is 9.78 Å². The minimum absolute atomic E-state index is 0.120. The van der Waals surface area contributed by atoms with E-state index in [1.165, 1.54) is 50.8 Å². The molecule has 0 bridgehead atoms. The van der Waals surface area contributed by atoms with Gasteiger partial charge in [0.25, 0.3) is 5.91 Å². The molecule has 0 unspecified atom stereocenters. The van der Waals surface area contributed by atoms with Crippen LogP contribution in [0.3, 0.4) is 0 Å². The second kappa shape index (κ2) is 14.4. The van der Waals surface area contributed by atoms with Crippen molar-refractivity contribution in [1.82, 2.24) is 19.8 Å². The molecule has 5 rings (SSSR count). The van der Waals surface area contributed by atoms with Crippen molar-refractivity contribution in [3.63, 3.8) is 0 Å². The van der Waals surface area contributed by atoms with E-state index in [9.17, 15) is 9.59 Å². The van der Waals surface area contributed by atoms with Crippen molar-refractivity contribution in [2.24, 2.45) is 0 Å². The van der Waals surface area contributed by atoms with Crippen LogP contribution in [0.5, 0.6) is 16.6 Å². The highest BCUT2D eigenvalue weighted by Gasteiger charge is 2.16. The summed E-state index contributed by atoms with van der Waals surface area (Å²) in [5, 5.41) is 10.6. The van der Waals surface area contributed by atoms with Gasteiger partial charge in [0.05, 0.1) is 13.3 Å². The van der Waals surface area contributed by atoms with Crippen LogP contribution in [0, 0.1) is 0 Å². The Morgan fingerprint density at radius 3 is 2.56 bits per heavy atom. The number of carbonyl (C=O) groups excluding carboxylic acids is 2. The Bertz CT molecular complexity index is 1540. The number of nitrogens with zero attached hydrogens (tertiary/aromatic N) is 3. The third-order valence-corrected chi connectivity index (χ3v) is 8.59. The fourth-order valence-electron chi connectivity index (χ4n) is 5.29. The van der Waals surface area contributed by atoms with E-state index in [1.54, 1.807) is 24.4 Å². The van der Waals surface area contributed by atoms with Gasteiger partial charge in [-0.1, -0.05) is 31.6 Å². The summed E-state index contributed by atoms with van der Waals surface area (Å²) < 4.78 is 13.7. The number of piperidine rings is 1. The molecule has 1 fully saturated rings. The number of nitrogens with one attached hydrogen (secondary N) is 3. The first-order valence-corrected chi connectivity index (χ1v) is 15.8. The Labute approximate surface area is 256 Å². The first kappa shape index (κ1) is 30.4. The van der Waals surface area contributed by atoms with Crippen molar-refractivity contribution in [1.29, 1.82) is 0 Å². The zero-order valence-corrected chi connectivity index (χ0v) is 25.8. The molecule has 1 aliphatic heterocycles. The SMILES string of the molecule is CCC(CC)NC(=O)Nc1ccc(Oc2cnc(NC(=O)c3ccc4c(ccn4CCN4CCCCC4)c3)s2)c(OC)c1. The van der Waals surface area contributed by atoms with Gasteiger partial charge in [0, 0.05) is 53.5 Å². The average molecular weight is 605 g/mol. The van der Waals surface area contributed by atoms with Crippen LogP contribution in [0.1, 0.15) is 56.3 Å². The number of benzene rings is 2. The third kappa shape index (κ3) is 7.85. The fourth-order valence-corrected chi connectivity index (χ4v) is 5.96. The molecule has 0 spiro atoms. The molecule has 43 heavy (non-hydrogen) atoms. The molecule has 0 saturated carbocycles. The Hall–Kier alpha value is -4.09. The summed E-state index contributed by atoms with van der Waals surface area (Å²) >= 11 is 1.22. The molecule has 2 aromatic carbocycles. The highest BCUT2D eigenvalue weighted by atomic mass is 32.1. The number of anilines is 2. The molecule has 0 aliphatic carbocycles. The summed E-state index contributed by atoms with van der Waals surface area (Å²) in [6, 6.07) is 12.9. The minimum atomic E-state index is -0.267. The highest BCUT2D eigenvalue weighted by Crippen LogP contribution is 2.37. The quantitative estimate of drug-likeness (QED) is 0.162. The molecule has 0 atom stereocenters. The minimum Gasteiger partial charge on any atom is -0.493 e. The van der Waals surface area contributed by atoms with Crippen LogP contribution in [0.25, 0.3) is 10.9 Å². The first-order chi connectivity index (χ1) is 20.9. The Morgan fingerprint density at radius 2 is 1.79 bits per heavy atom. The summed E-state index contributed by atoms with van der Waals surface area (Å²) in [6.45, 7) is 8.42. The van der Waals surface area contributed by atoms with Crippen LogP contribution in [-0.4, -0.2) is 59.2 Å². The van der Waals surface area contributed by atoms with E-state index in [2.05, 4.69) is 42.7 Å². The number of ether oxygens (including phenoxy) is 2. The van der Waals surface area contributed by atoms with Crippen molar-refractivity contribution in [2.45, 2.75) is 58.5 Å². The number of fused-ring (bicyclic) bond motifs is 1. The van der Waals surface area contributed by atoms with E-state index in [1.807, 2.05) is 32.0 Å². The summed E-state index contributed by atoms with van der Waals surface area (Å²) in [5.74, 6) is 0.684. The van der Waals surface area contributed by atoms with Crippen molar-refractivity contribution < 1.29 is 19.1 Å². The van der Waals surface area contributed by atoms with E-state index < -0.39 is 0 Å². The average Bonchev–Trinajstić information content (AvgIpc) is 3.65. The molecule has 3 N–H and O–H groups in total. The summed E-state index contributed by atoms with van der Waals surface area (Å²) in [6.07, 6.45) is 9.29. The summed E-state index contributed by atoms with van der Waals surface area (Å²) in [5.41, 5.74) is 2.27.